The Kier molecular flexibility index (Phi) is 5.69. The summed E-state index contributed by atoms with van der Waals surface area (Å²) in [7, 11) is -4.40. The Hall–Kier alpha value is -2.15. The zero-order valence-corrected chi connectivity index (χ0v) is 15.8. The topological polar surface area (TPSA) is 101 Å². The van der Waals surface area contributed by atoms with E-state index in [0.29, 0.717) is 43.2 Å². The van der Waals surface area contributed by atoms with Gasteiger partial charge >= 0.3 is 0 Å². The minimum atomic E-state index is -4.40. The molecule has 1 aliphatic heterocycles. The van der Waals surface area contributed by atoms with Crippen molar-refractivity contribution in [2.75, 3.05) is 31.2 Å². The van der Waals surface area contributed by atoms with Crippen LogP contribution in [0.5, 0.6) is 0 Å². The van der Waals surface area contributed by atoms with Gasteiger partial charge in [0.05, 0.1) is 18.9 Å². The van der Waals surface area contributed by atoms with Crippen molar-refractivity contribution in [3.63, 3.8) is 0 Å². The number of halogens is 2. The molecule has 0 aliphatic carbocycles. The van der Waals surface area contributed by atoms with Gasteiger partial charge in [-0.3, -0.25) is 10.2 Å². The lowest BCUT2D eigenvalue weighted by atomic mass is 10.3. The van der Waals surface area contributed by atoms with E-state index in [9.17, 15) is 22.0 Å². The molecule has 0 unspecified atom stereocenters. The molecule has 0 saturated carbocycles. The summed E-state index contributed by atoms with van der Waals surface area (Å²) in [4.78, 5) is 19.9. The number of hydrogen-bond donors (Lipinski definition) is 2. The number of nitrogens with zero attached hydrogens (tertiary/aromatic N) is 2. The highest BCUT2D eigenvalue weighted by molar-refractivity contribution is 7.89. The highest BCUT2D eigenvalue weighted by atomic mass is 32.2. The largest absolute Gasteiger partial charge is 0.378 e. The molecule has 0 radical (unpaired) electrons. The molecular formula is C15H16F2N4O4S2. The van der Waals surface area contributed by atoms with Crippen molar-refractivity contribution in [3.8, 4) is 0 Å². The van der Waals surface area contributed by atoms with E-state index < -0.39 is 32.5 Å². The lowest BCUT2D eigenvalue weighted by Crippen LogP contribution is -2.41. The second-order valence-corrected chi connectivity index (χ2v) is 8.27. The summed E-state index contributed by atoms with van der Waals surface area (Å²) in [6.45, 7) is 4.03. The van der Waals surface area contributed by atoms with Gasteiger partial charge in [0.25, 0.3) is 15.9 Å². The zero-order valence-electron chi connectivity index (χ0n) is 14.2. The molecular weight excluding hydrogens is 402 g/mol. The van der Waals surface area contributed by atoms with Gasteiger partial charge in [-0.25, -0.2) is 22.2 Å². The predicted octanol–water partition coefficient (Wildman–Crippen LogP) is 1.19. The number of ether oxygens (including phenoxy) is 1. The number of rotatable bonds is 5. The van der Waals surface area contributed by atoms with Crippen LogP contribution in [0.4, 0.5) is 13.9 Å². The highest BCUT2D eigenvalue weighted by Gasteiger charge is 2.24. The normalized spacial score (nSPS) is 15.0. The monoisotopic (exact) mass is 418 g/mol. The number of carbonyl (C=O) groups excluding carboxylic acids is 1. The van der Waals surface area contributed by atoms with Gasteiger partial charge in [-0.1, -0.05) is 11.3 Å². The smallest absolute Gasteiger partial charge is 0.278 e. The molecule has 8 nitrogen and oxygen atoms in total. The maximum atomic E-state index is 13.7. The quantitative estimate of drug-likeness (QED) is 0.708. The van der Waals surface area contributed by atoms with Gasteiger partial charge in [0.2, 0.25) is 0 Å². The second kappa shape index (κ2) is 7.84. The number of hydrazine groups is 1. The number of benzene rings is 1. The van der Waals surface area contributed by atoms with Crippen molar-refractivity contribution < 1.29 is 26.7 Å². The SMILES string of the molecule is Cc1nc(N2CCOCC2)sc1C(=O)NNS(=O)(=O)c1ccc(F)cc1F. The molecule has 27 heavy (non-hydrogen) atoms. The van der Waals surface area contributed by atoms with Crippen LogP contribution in [-0.4, -0.2) is 45.6 Å². The molecule has 146 valence electrons. The molecule has 0 bridgehead atoms. The van der Waals surface area contributed by atoms with Crippen molar-refractivity contribution in [2.24, 2.45) is 0 Å². The molecule has 0 atom stereocenters. The lowest BCUT2D eigenvalue weighted by molar-refractivity contribution is 0.0948. The van der Waals surface area contributed by atoms with Crippen molar-refractivity contribution in [3.05, 3.63) is 40.4 Å². The fourth-order valence-corrected chi connectivity index (χ4v) is 4.31. The van der Waals surface area contributed by atoms with Gasteiger partial charge in [-0.2, -0.15) is 0 Å². The van der Waals surface area contributed by atoms with Crippen molar-refractivity contribution in [1.29, 1.82) is 0 Å². The summed E-state index contributed by atoms with van der Waals surface area (Å²) in [5.41, 5.74) is 2.46. The number of hydrogen-bond acceptors (Lipinski definition) is 7. The second-order valence-electron chi connectivity index (χ2n) is 5.64. The third-order valence-corrected chi connectivity index (χ3v) is 6.25. The third-order valence-electron chi connectivity index (χ3n) is 3.76. The van der Waals surface area contributed by atoms with E-state index in [1.165, 1.54) is 0 Å². The molecule has 3 rings (SSSR count). The van der Waals surface area contributed by atoms with Crippen LogP contribution in [0, 0.1) is 18.6 Å². The molecule has 1 saturated heterocycles. The van der Waals surface area contributed by atoms with E-state index in [4.69, 9.17) is 4.74 Å². The Morgan fingerprint density at radius 3 is 2.67 bits per heavy atom. The van der Waals surface area contributed by atoms with Gasteiger partial charge < -0.3 is 9.64 Å². The number of morpholine rings is 1. The molecule has 1 aliphatic rings. The fraction of sp³-hybridized carbons (Fsp3) is 0.333. The maximum absolute atomic E-state index is 13.7. The Balaban J connectivity index is 1.71. The van der Waals surface area contributed by atoms with Crippen LogP contribution in [0.1, 0.15) is 15.4 Å². The molecule has 1 amide bonds. The van der Waals surface area contributed by atoms with E-state index in [1.54, 1.807) is 11.8 Å². The standard InChI is InChI=1S/C15H16F2N4O4S2/c1-9-13(26-15(18-9)21-4-6-25-7-5-21)14(22)19-20-27(23,24)12-3-2-10(16)8-11(12)17/h2-3,8,20H,4-7H2,1H3,(H,19,22). The highest BCUT2D eigenvalue weighted by Crippen LogP contribution is 2.26. The fourth-order valence-electron chi connectivity index (χ4n) is 2.40. The van der Waals surface area contributed by atoms with E-state index in [2.05, 4.69) is 4.98 Å². The summed E-state index contributed by atoms with van der Waals surface area (Å²) in [6.07, 6.45) is 0. The number of amides is 1. The minimum Gasteiger partial charge on any atom is -0.378 e. The van der Waals surface area contributed by atoms with Gasteiger partial charge in [0.1, 0.15) is 21.4 Å². The van der Waals surface area contributed by atoms with E-state index in [0.717, 1.165) is 23.5 Å². The molecule has 2 heterocycles. The van der Waals surface area contributed by atoms with Crippen LogP contribution in [0.25, 0.3) is 0 Å². The Morgan fingerprint density at radius 2 is 2.00 bits per heavy atom. The molecule has 1 aromatic carbocycles. The first-order valence-electron chi connectivity index (χ1n) is 7.85. The molecule has 12 heteroatoms. The maximum Gasteiger partial charge on any atom is 0.278 e. The van der Waals surface area contributed by atoms with Gasteiger partial charge in [0, 0.05) is 19.2 Å². The molecule has 1 aromatic heterocycles. The number of sulfonamides is 1. The first-order valence-corrected chi connectivity index (χ1v) is 10.2. The van der Waals surface area contributed by atoms with Crippen LogP contribution in [0.15, 0.2) is 23.1 Å². The van der Waals surface area contributed by atoms with Gasteiger partial charge in [0.15, 0.2) is 5.13 Å². The summed E-state index contributed by atoms with van der Waals surface area (Å²) in [6, 6.07) is 2.02. The number of aromatic nitrogens is 1. The summed E-state index contributed by atoms with van der Waals surface area (Å²) in [5.74, 6) is -2.90. The van der Waals surface area contributed by atoms with E-state index in [-0.39, 0.29) is 4.88 Å². The Morgan fingerprint density at radius 1 is 1.30 bits per heavy atom. The van der Waals surface area contributed by atoms with Crippen LogP contribution < -0.4 is 15.2 Å². The molecule has 2 aromatic rings. The van der Waals surface area contributed by atoms with Crippen molar-refractivity contribution >= 4 is 32.4 Å². The number of carbonyl (C=O) groups is 1. The van der Waals surface area contributed by atoms with Crippen molar-refractivity contribution in [2.45, 2.75) is 11.8 Å². The number of anilines is 1. The van der Waals surface area contributed by atoms with Crippen LogP contribution in [-0.2, 0) is 14.8 Å². The van der Waals surface area contributed by atoms with Gasteiger partial charge in [-0.05, 0) is 19.1 Å². The predicted molar refractivity (Wildman–Crippen MR) is 94.0 cm³/mol. The average Bonchev–Trinajstić information content (AvgIpc) is 3.02. The zero-order chi connectivity index (χ0) is 19.6. The first kappa shape index (κ1) is 19.6. The summed E-state index contributed by atoms with van der Waals surface area (Å²) >= 11 is 1.11. The van der Waals surface area contributed by atoms with Crippen LogP contribution in [0.2, 0.25) is 0 Å². The number of thiazole rings is 1. The summed E-state index contributed by atoms with van der Waals surface area (Å²) in [5, 5.41) is 0.633. The van der Waals surface area contributed by atoms with E-state index in [1.807, 2.05) is 10.3 Å². The van der Waals surface area contributed by atoms with Crippen molar-refractivity contribution in [1.82, 2.24) is 15.2 Å². The number of nitrogens with one attached hydrogen (secondary N) is 2. The first-order chi connectivity index (χ1) is 12.8. The Labute approximate surface area is 158 Å². The molecule has 0 spiro atoms. The van der Waals surface area contributed by atoms with Crippen LogP contribution in [0.3, 0.4) is 0 Å². The van der Waals surface area contributed by atoms with E-state index >= 15 is 0 Å². The van der Waals surface area contributed by atoms with Gasteiger partial charge in [-0.15, -0.1) is 4.83 Å². The van der Waals surface area contributed by atoms with Crippen LogP contribution >= 0.6 is 11.3 Å². The summed E-state index contributed by atoms with van der Waals surface area (Å²) < 4.78 is 56.1. The average molecular weight is 418 g/mol. The number of aryl methyl sites for hydroxylation is 1. The minimum absolute atomic E-state index is 0.221. The molecule has 2 N–H and O–H groups in total. The molecule has 1 fully saturated rings. The Bertz CT molecular complexity index is 959. The third kappa shape index (κ3) is 4.40. The lowest BCUT2D eigenvalue weighted by Gasteiger charge is -2.25.